The minimum Gasteiger partial charge on any atom is -1.00 e. The van der Waals surface area contributed by atoms with Crippen LogP contribution in [0.3, 0.4) is 0 Å². The minimum atomic E-state index is -4.62. The van der Waals surface area contributed by atoms with Crippen LogP contribution in [0.1, 0.15) is 24.0 Å². The first kappa shape index (κ1) is 20.4. The van der Waals surface area contributed by atoms with E-state index >= 15 is 0 Å². The van der Waals surface area contributed by atoms with Gasteiger partial charge in [-0.1, -0.05) is 6.07 Å². The van der Waals surface area contributed by atoms with E-state index in [1.807, 2.05) is 0 Å². The van der Waals surface area contributed by atoms with E-state index in [-0.39, 0.29) is 24.8 Å². The van der Waals surface area contributed by atoms with Gasteiger partial charge in [0.25, 0.3) is 0 Å². The molecule has 0 spiro atoms. The molecule has 0 aliphatic carbocycles. The predicted octanol–water partition coefficient (Wildman–Crippen LogP) is -5.36. The van der Waals surface area contributed by atoms with Crippen LogP contribution in [-0.4, -0.2) is 19.1 Å². The highest BCUT2D eigenvalue weighted by atomic mass is 35.5. The second-order valence-corrected chi connectivity index (χ2v) is 5.18. The summed E-state index contributed by atoms with van der Waals surface area (Å²) in [5.74, 6) is -1.18. The quantitative estimate of drug-likeness (QED) is 0.500. The Kier molecular flexibility index (Phi) is 7.95. The Balaban J connectivity index is 0.00000200. The Hall–Kier alpha value is -0.560. The van der Waals surface area contributed by atoms with Gasteiger partial charge in [0.1, 0.15) is 12.4 Å². The molecular formula is C13H18Cl2F4N2. The van der Waals surface area contributed by atoms with Crippen molar-refractivity contribution in [2.24, 2.45) is 0 Å². The molecule has 122 valence electrons. The highest BCUT2D eigenvalue weighted by molar-refractivity contribution is 5.26. The normalized spacial score (nSPS) is 22.1. The maximum absolute atomic E-state index is 13.4. The lowest BCUT2D eigenvalue weighted by atomic mass is 10.0. The molecule has 1 aliphatic rings. The molecule has 0 amide bonds. The first-order valence-electron chi connectivity index (χ1n) is 6.38. The topological polar surface area (TPSA) is 32.1 Å². The summed E-state index contributed by atoms with van der Waals surface area (Å²) >= 11 is 0. The smallest absolute Gasteiger partial charge is 0.419 e. The van der Waals surface area contributed by atoms with Crippen molar-refractivity contribution in [3.8, 4) is 0 Å². The number of hydrogen-bond acceptors (Lipinski definition) is 0. The van der Waals surface area contributed by atoms with Crippen molar-refractivity contribution >= 4 is 0 Å². The number of piperidine rings is 1. The summed E-state index contributed by atoms with van der Waals surface area (Å²) < 4.78 is 50.7. The molecule has 0 bridgehead atoms. The number of likely N-dealkylation sites (tertiary alicyclic amines) is 1. The summed E-state index contributed by atoms with van der Waals surface area (Å²) in [6, 6.07) is 3.67. The van der Waals surface area contributed by atoms with E-state index in [0.717, 1.165) is 38.1 Å². The number of halogens is 6. The van der Waals surface area contributed by atoms with Crippen LogP contribution in [-0.2, 0) is 12.7 Å². The van der Waals surface area contributed by atoms with Crippen LogP contribution in [0, 0.1) is 5.82 Å². The summed E-state index contributed by atoms with van der Waals surface area (Å²) in [5, 5.41) is 0. The van der Waals surface area contributed by atoms with E-state index in [4.69, 9.17) is 0 Å². The monoisotopic (exact) mass is 348 g/mol. The van der Waals surface area contributed by atoms with Gasteiger partial charge < -0.3 is 35.4 Å². The van der Waals surface area contributed by atoms with Crippen molar-refractivity contribution in [3.05, 3.63) is 35.1 Å². The van der Waals surface area contributed by atoms with Crippen LogP contribution < -0.4 is 35.4 Å². The summed E-state index contributed by atoms with van der Waals surface area (Å²) in [4.78, 5) is 1.28. The van der Waals surface area contributed by atoms with Gasteiger partial charge in [-0.2, -0.15) is 13.2 Å². The molecule has 1 aliphatic heterocycles. The molecule has 4 N–H and O–H groups in total. The molecule has 0 aromatic heterocycles. The number of benzene rings is 1. The molecular weight excluding hydrogens is 331 g/mol. The molecule has 1 aromatic rings. The van der Waals surface area contributed by atoms with Crippen molar-refractivity contribution in [1.29, 1.82) is 0 Å². The number of nitrogens with one attached hydrogen (secondary N) is 1. The predicted molar refractivity (Wildman–Crippen MR) is 61.7 cm³/mol. The highest BCUT2D eigenvalue weighted by Gasteiger charge is 2.34. The summed E-state index contributed by atoms with van der Waals surface area (Å²) in [7, 11) is 0. The molecule has 1 aromatic carbocycles. The second kappa shape index (κ2) is 8.17. The Morgan fingerprint density at radius 1 is 1.14 bits per heavy atom. The SMILES string of the molecule is [Cl-].[Cl-].[NH3+]C1CC[NH+](Cc2ccc(C(F)(F)F)c(F)c2)CC1. The van der Waals surface area contributed by atoms with Crippen LogP contribution >= 0.6 is 0 Å². The van der Waals surface area contributed by atoms with Crippen molar-refractivity contribution in [3.63, 3.8) is 0 Å². The average Bonchev–Trinajstić information content (AvgIpc) is 2.30. The first-order valence-corrected chi connectivity index (χ1v) is 6.38. The Labute approximate surface area is 133 Å². The molecule has 8 heteroatoms. The highest BCUT2D eigenvalue weighted by Crippen LogP contribution is 2.31. The lowest BCUT2D eigenvalue weighted by Crippen LogP contribution is -3.12. The molecule has 0 atom stereocenters. The van der Waals surface area contributed by atoms with Crippen LogP contribution in [0.25, 0.3) is 0 Å². The van der Waals surface area contributed by atoms with E-state index in [9.17, 15) is 17.6 Å². The molecule has 0 saturated carbocycles. The number of hydrogen-bond donors (Lipinski definition) is 2. The van der Waals surface area contributed by atoms with E-state index in [1.165, 1.54) is 11.0 Å². The van der Waals surface area contributed by atoms with E-state index < -0.39 is 17.6 Å². The fourth-order valence-electron chi connectivity index (χ4n) is 2.45. The Morgan fingerprint density at radius 2 is 1.71 bits per heavy atom. The van der Waals surface area contributed by atoms with Gasteiger partial charge >= 0.3 is 6.18 Å². The maximum atomic E-state index is 13.4. The number of rotatable bonds is 2. The molecule has 2 nitrogen and oxygen atoms in total. The number of quaternary nitrogens is 2. The summed E-state index contributed by atoms with van der Waals surface area (Å²) in [6.07, 6.45) is -2.60. The summed E-state index contributed by atoms with van der Waals surface area (Å²) in [6.45, 7) is 2.45. The van der Waals surface area contributed by atoms with Gasteiger partial charge in [0.05, 0.1) is 24.7 Å². The van der Waals surface area contributed by atoms with Gasteiger partial charge in [-0.05, 0) is 12.1 Å². The average molecular weight is 349 g/mol. The lowest BCUT2D eigenvalue weighted by Gasteiger charge is -2.25. The third kappa shape index (κ3) is 5.62. The van der Waals surface area contributed by atoms with E-state index in [2.05, 4.69) is 5.73 Å². The van der Waals surface area contributed by atoms with Crippen molar-refractivity contribution in [2.45, 2.75) is 31.6 Å². The van der Waals surface area contributed by atoms with E-state index in [1.54, 1.807) is 0 Å². The molecule has 0 unspecified atom stereocenters. The fourth-order valence-corrected chi connectivity index (χ4v) is 2.45. The van der Waals surface area contributed by atoms with Crippen molar-refractivity contribution < 1.29 is 53.0 Å². The second-order valence-electron chi connectivity index (χ2n) is 5.18. The summed E-state index contributed by atoms with van der Waals surface area (Å²) in [5.41, 5.74) is 3.42. The lowest BCUT2D eigenvalue weighted by molar-refractivity contribution is -0.922. The van der Waals surface area contributed by atoms with Gasteiger partial charge in [-0.25, -0.2) is 4.39 Å². The molecule has 1 saturated heterocycles. The minimum absolute atomic E-state index is 0. The van der Waals surface area contributed by atoms with Crippen molar-refractivity contribution in [2.75, 3.05) is 13.1 Å². The zero-order valence-corrected chi connectivity index (χ0v) is 12.8. The zero-order valence-electron chi connectivity index (χ0n) is 11.3. The van der Waals surface area contributed by atoms with Crippen LogP contribution in [0.5, 0.6) is 0 Å². The van der Waals surface area contributed by atoms with Crippen LogP contribution in [0.2, 0.25) is 0 Å². The van der Waals surface area contributed by atoms with Crippen LogP contribution in [0.4, 0.5) is 17.6 Å². The maximum Gasteiger partial charge on any atom is 0.419 e. The largest absolute Gasteiger partial charge is 1.00 e. The van der Waals surface area contributed by atoms with Gasteiger partial charge in [0.2, 0.25) is 0 Å². The van der Waals surface area contributed by atoms with Crippen LogP contribution in [0.15, 0.2) is 18.2 Å². The Morgan fingerprint density at radius 3 is 2.19 bits per heavy atom. The van der Waals surface area contributed by atoms with Gasteiger partial charge in [-0.15, -0.1) is 0 Å². The van der Waals surface area contributed by atoms with E-state index in [0.29, 0.717) is 18.2 Å². The van der Waals surface area contributed by atoms with Gasteiger partial charge in [0.15, 0.2) is 0 Å². The third-order valence-corrected chi connectivity index (χ3v) is 3.61. The standard InChI is InChI=1S/C13H16F4N2.2ClH/c14-12-7-9(1-2-11(12)13(15,16)17)8-19-5-3-10(18)4-6-19;;/h1-2,7,10H,3-6,8,18H2;2*1H. The third-order valence-electron chi connectivity index (χ3n) is 3.61. The molecule has 0 radical (unpaired) electrons. The Bertz CT molecular complexity index is 446. The van der Waals surface area contributed by atoms with Crippen molar-refractivity contribution in [1.82, 2.24) is 0 Å². The molecule has 21 heavy (non-hydrogen) atoms. The molecule has 1 heterocycles. The fraction of sp³-hybridized carbons (Fsp3) is 0.538. The molecule has 2 rings (SSSR count). The van der Waals surface area contributed by atoms with Gasteiger partial charge in [0, 0.05) is 18.4 Å². The van der Waals surface area contributed by atoms with Gasteiger partial charge in [-0.3, -0.25) is 0 Å². The first-order chi connectivity index (χ1) is 8.86. The number of alkyl halides is 3. The zero-order chi connectivity index (χ0) is 14.0. The molecule has 1 fully saturated rings.